The fraction of sp³-hybridized carbons (Fsp3) is 0.167. The number of alkyl halides is 1. The molecule has 1 atom stereocenters. The fourth-order valence-corrected chi connectivity index (χ4v) is 4.38. The van der Waals surface area contributed by atoms with E-state index in [4.69, 9.17) is 11.6 Å². The number of hydrogen-bond acceptors (Lipinski definition) is 1. The van der Waals surface area contributed by atoms with Crippen LogP contribution in [-0.4, -0.2) is 0 Å². The average Bonchev–Trinajstić information content (AvgIpc) is 2.64. The summed E-state index contributed by atoms with van der Waals surface area (Å²) in [6.07, 6.45) is 0. The zero-order valence-electron chi connectivity index (χ0n) is 8.51. The monoisotopic (exact) mass is 378 g/mol. The second kappa shape index (κ2) is 5.21. The zero-order chi connectivity index (χ0) is 11.7. The highest BCUT2D eigenvalue weighted by Crippen LogP contribution is 2.39. The predicted octanol–water partition coefficient (Wildman–Crippen LogP) is 5.96. The first-order chi connectivity index (χ1) is 7.58. The molecule has 0 spiro atoms. The van der Waals surface area contributed by atoms with Crippen LogP contribution in [0.3, 0.4) is 0 Å². The Morgan fingerprint density at radius 1 is 1.25 bits per heavy atom. The third kappa shape index (κ3) is 2.70. The molecule has 0 fully saturated rings. The summed E-state index contributed by atoms with van der Waals surface area (Å²) in [5, 5.41) is 0. The number of rotatable bonds is 2. The minimum absolute atomic E-state index is 0.194. The molecule has 1 unspecified atom stereocenters. The SMILES string of the molecule is Cc1ccc(C(Br)c2ccc(Cl)s2)c(Br)c1. The molecule has 0 aliphatic carbocycles. The largest absolute Gasteiger partial charge is 0.127 e. The lowest BCUT2D eigenvalue weighted by molar-refractivity contribution is 1.20. The van der Waals surface area contributed by atoms with Crippen molar-refractivity contribution in [1.82, 2.24) is 0 Å². The van der Waals surface area contributed by atoms with Gasteiger partial charge in [-0.2, -0.15) is 0 Å². The molecule has 2 aromatic rings. The van der Waals surface area contributed by atoms with Gasteiger partial charge in [0.25, 0.3) is 0 Å². The van der Waals surface area contributed by atoms with Crippen molar-refractivity contribution in [3.63, 3.8) is 0 Å². The Labute approximate surface area is 121 Å². The molecule has 1 heterocycles. The van der Waals surface area contributed by atoms with Crippen molar-refractivity contribution >= 4 is 54.8 Å². The number of aryl methyl sites for hydroxylation is 1. The quantitative estimate of drug-likeness (QED) is 0.564. The van der Waals surface area contributed by atoms with Crippen molar-refractivity contribution in [1.29, 1.82) is 0 Å². The maximum Gasteiger partial charge on any atom is 0.0931 e. The van der Waals surface area contributed by atoms with Crippen LogP contribution in [0.15, 0.2) is 34.8 Å². The molecule has 0 saturated carbocycles. The molecule has 0 aliphatic heterocycles. The van der Waals surface area contributed by atoms with Crippen LogP contribution in [0.25, 0.3) is 0 Å². The van der Waals surface area contributed by atoms with Gasteiger partial charge in [0.15, 0.2) is 0 Å². The van der Waals surface area contributed by atoms with E-state index in [2.05, 4.69) is 63.0 Å². The van der Waals surface area contributed by atoms with Crippen molar-refractivity contribution < 1.29 is 0 Å². The number of benzene rings is 1. The zero-order valence-corrected chi connectivity index (χ0v) is 13.3. The highest BCUT2D eigenvalue weighted by Gasteiger charge is 2.15. The van der Waals surface area contributed by atoms with Gasteiger partial charge in [0.2, 0.25) is 0 Å². The Bertz CT molecular complexity index is 507. The second-order valence-corrected chi connectivity index (χ2v) is 7.05. The highest BCUT2D eigenvalue weighted by molar-refractivity contribution is 9.11. The van der Waals surface area contributed by atoms with Gasteiger partial charge in [0, 0.05) is 9.35 Å². The summed E-state index contributed by atoms with van der Waals surface area (Å²) in [5.41, 5.74) is 2.48. The molecule has 4 heteroatoms. The molecule has 0 N–H and O–H groups in total. The Morgan fingerprint density at radius 3 is 2.56 bits per heavy atom. The van der Waals surface area contributed by atoms with Crippen LogP contribution in [0, 0.1) is 6.92 Å². The van der Waals surface area contributed by atoms with E-state index in [1.165, 1.54) is 16.0 Å². The third-order valence-electron chi connectivity index (χ3n) is 2.27. The molecule has 16 heavy (non-hydrogen) atoms. The summed E-state index contributed by atoms with van der Waals surface area (Å²) in [4.78, 5) is 1.41. The third-order valence-corrected chi connectivity index (χ3v) is 5.55. The molecule has 0 aliphatic rings. The molecule has 84 valence electrons. The van der Waals surface area contributed by atoms with Gasteiger partial charge in [-0.25, -0.2) is 0 Å². The van der Waals surface area contributed by atoms with Crippen molar-refractivity contribution in [2.24, 2.45) is 0 Å². The van der Waals surface area contributed by atoms with Gasteiger partial charge in [-0.3, -0.25) is 0 Å². The molecule has 0 amide bonds. The molecule has 2 rings (SSSR count). The minimum Gasteiger partial charge on any atom is -0.127 e. The van der Waals surface area contributed by atoms with Crippen LogP contribution in [0.1, 0.15) is 20.8 Å². The lowest BCUT2D eigenvalue weighted by atomic mass is 10.1. The summed E-state index contributed by atoms with van der Waals surface area (Å²) in [7, 11) is 0. The van der Waals surface area contributed by atoms with E-state index in [0.29, 0.717) is 0 Å². The Morgan fingerprint density at radius 2 is 2.00 bits per heavy atom. The summed E-state index contributed by atoms with van der Waals surface area (Å²) in [6.45, 7) is 2.08. The van der Waals surface area contributed by atoms with Crippen molar-refractivity contribution in [2.75, 3.05) is 0 Å². The molecule has 0 nitrogen and oxygen atoms in total. The molecule has 1 aromatic heterocycles. The first kappa shape index (κ1) is 12.6. The lowest BCUT2D eigenvalue weighted by Gasteiger charge is -2.11. The van der Waals surface area contributed by atoms with Crippen molar-refractivity contribution in [2.45, 2.75) is 11.8 Å². The Kier molecular flexibility index (Phi) is 4.11. The summed E-state index contributed by atoms with van der Waals surface area (Å²) in [5.74, 6) is 0. The van der Waals surface area contributed by atoms with Crippen LogP contribution in [-0.2, 0) is 0 Å². The van der Waals surface area contributed by atoms with Gasteiger partial charge in [-0.05, 0) is 36.2 Å². The second-order valence-electron chi connectivity index (χ2n) is 3.53. The van der Waals surface area contributed by atoms with Crippen molar-refractivity contribution in [3.05, 3.63) is 55.1 Å². The maximum absolute atomic E-state index is 5.94. The number of thiophene rings is 1. The smallest absolute Gasteiger partial charge is 0.0931 e. The molecule has 0 saturated heterocycles. The van der Waals surface area contributed by atoms with E-state index in [9.17, 15) is 0 Å². The first-order valence-electron chi connectivity index (χ1n) is 4.73. The summed E-state index contributed by atoms with van der Waals surface area (Å²) in [6, 6.07) is 10.4. The van der Waals surface area contributed by atoms with Crippen LogP contribution in [0.5, 0.6) is 0 Å². The first-order valence-corrected chi connectivity index (χ1v) is 7.63. The fourth-order valence-electron chi connectivity index (χ4n) is 1.46. The van der Waals surface area contributed by atoms with Crippen LogP contribution in [0.4, 0.5) is 0 Å². The van der Waals surface area contributed by atoms with Crippen LogP contribution < -0.4 is 0 Å². The van der Waals surface area contributed by atoms with Gasteiger partial charge in [-0.1, -0.05) is 55.6 Å². The number of hydrogen-bond donors (Lipinski definition) is 0. The Balaban J connectivity index is 2.37. The molecule has 1 aromatic carbocycles. The molecule has 0 radical (unpaired) electrons. The van der Waals surface area contributed by atoms with Gasteiger partial charge in [0.1, 0.15) is 0 Å². The average molecular weight is 381 g/mol. The maximum atomic E-state index is 5.94. The van der Waals surface area contributed by atoms with E-state index in [0.717, 1.165) is 8.81 Å². The predicted molar refractivity (Wildman–Crippen MR) is 79.0 cm³/mol. The number of halogens is 3. The summed E-state index contributed by atoms with van der Waals surface area (Å²) < 4.78 is 1.95. The molecule has 0 bridgehead atoms. The summed E-state index contributed by atoms with van der Waals surface area (Å²) >= 11 is 14.8. The molecular weight excluding hydrogens is 371 g/mol. The lowest BCUT2D eigenvalue weighted by Crippen LogP contribution is -1.91. The van der Waals surface area contributed by atoms with Crippen LogP contribution >= 0.6 is 54.8 Å². The van der Waals surface area contributed by atoms with Crippen molar-refractivity contribution in [3.8, 4) is 0 Å². The van der Waals surface area contributed by atoms with E-state index < -0.39 is 0 Å². The van der Waals surface area contributed by atoms with Gasteiger partial charge in [0.05, 0.1) is 9.16 Å². The Hall–Kier alpha value is 0.170. The normalized spacial score (nSPS) is 12.8. The topological polar surface area (TPSA) is 0 Å². The van der Waals surface area contributed by atoms with E-state index in [-0.39, 0.29) is 4.83 Å². The van der Waals surface area contributed by atoms with Gasteiger partial charge in [-0.15, -0.1) is 11.3 Å². The van der Waals surface area contributed by atoms with Gasteiger partial charge < -0.3 is 0 Å². The van der Waals surface area contributed by atoms with E-state index in [1.54, 1.807) is 11.3 Å². The van der Waals surface area contributed by atoms with Gasteiger partial charge >= 0.3 is 0 Å². The van der Waals surface area contributed by atoms with E-state index in [1.807, 2.05) is 6.07 Å². The molecular formula is C12H9Br2ClS. The highest BCUT2D eigenvalue weighted by atomic mass is 79.9. The standard InChI is InChI=1S/C12H9Br2ClS/c1-7-2-3-8(9(13)6-7)12(14)10-4-5-11(15)16-10/h2-6,12H,1H3. The minimum atomic E-state index is 0.194. The van der Waals surface area contributed by atoms with Crippen LogP contribution in [0.2, 0.25) is 4.34 Å². The van der Waals surface area contributed by atoms with E-state index >= 15 is 0 Å².